The Balaban J connectivity index is 1.68. The van der Waals surface area contributed by atoms with Gasteiger partial charge in [0.25, 0.3) is 15.9 Å². The Morgan fingerprint density at radius 2 is 1.62 bits per heavy atom. The van der Waals surface area contributed by atoms with Crippen molar-refractivity contribution < 1.29 is 26.4 Å². The van der Waals surface area contributed by atoms with Gasteiger partial charge in [-0.15, -0.1) is 0 Å². The number of carbonyl (C=O) groups is 1. The zero-order valence-electron chi connectivity index (χ0n) is 16.4. The van der Waals surface area contributed by atoms with E-state index in [0.29, 0.717) is 18.5 Å². The zero-order chi connectivity index (χ0) is 23.0. The average molecular weight is 525 g/mol. The second kappa shape index (κ2) is 8.59. The summed E-state index contributed by atoms with van der Waals surface area (Å²) in [7, 11) is -3.98. The van der Waals surface area contributed by atoms with Crippen LogP contribution in [0.2, 0.25) is 0 Å². The van der Waals surface area contributed by atoms with E-state index in [1.807, 2.05) is 0 Å². The topological polar surface area (TPSA) is 66.5 Å². The van der Waals surface area contributed by atoms with Crippen LogP contribution in [0.4, 0.5) is 24.5 Å². The fraction of sp³-hybridized carbons (Fsp3) is 0.136. The summed E-state index contributed by atoms with van der Waals surface area (Å²) in [5, 5.41) is 2.42. The van der Waals surface area contributed by atoms with Crippen LogP contribution in [0.5, 0.6) is 0 Å². The van der Waals surface area contributed by atoms with Gasteiger partial charge in [0, 0.05) is 16.7 Å². The lowest BCUT2D eigenvalue weighted by Crippen LogP contribution is -2.35. The molecule has 166 valence electrons. The van der Waals surface area contributed by atoms with Crippen LogP contribution in [0.3, 0.4) is 0 Å². The summed E-state index contributed by atoms with van der Waals surface area (Å²) in [6.07, 6.45) is 1.20. The lowest BCUT2D eigenvalue weighted by molar-refractivity contribution is 0.101. The molecule has 32 heavy (non-hydrogen) atoms. The summed E-state index contributed by atoms with van der Waals surface area (Å²) in [5.74, 6) is -3.63. The first-order valence-electron chi connectivity index (χ1n) is 9.54. The third kappa shape index (κ3) is 4.24. The summed E-state index contributed by atoms with van der Waals surface area (Å²) in [6, 6.07) is 11.1. The molecule has 3 aromatic carbocycles. The van der Waals surface area contributed by atoms with Crippen LogP contribution in [-0.2, 0) is 16.4 Å². The number of anilines is 2. The van der Waals surface area contributed by atoms with E-state index in [1.165, 1.54) is 22.5 Å². The lowest BCUT2D eigenvalue weighted by atomic mass is 10.0. The number of hydrogen-bond acceptors (Lipinski definition) is 3. The number of benzene rings is 3. The Morgan fingerprint density at radius 1 is 0.969 bits per heavy atom. The van der Waals surface area contributed by atoms with E-state index in [9.17, 15) is 26.4 Å². The first kappa shape index (κ1) is 22.3. The average Bonchev–Trinajstić information content (AvgIpc) is 2.72. The molecule has 1 aliphatic rings. The van der Waals surface area contributed by atoms with Gasteiger partial charge >= 0.3 is 0 Å². The number of hydrogen-bond donors (Lipinski definition) is 1. The molecule has 0 atom stereocenters. The maximum Gasteiger partial charge on any atom is 0.264 e. The molecule has 3 aromatic rings. The molecular weight excluding hydrogens is 509 g/mol. The summed E-state index contributed by atoms with van der Waals surface area (Å²) in [4.78, 5) is 12.4. The number of sulfonamides is 1. The Morgan fingerprint density at radius 3 is 2.28 bits per heavy atom. The Bertz CT molecular complexity index is 1290. The van der Waals surface area contributed by atoms with Crippen LogP contribution in [0.1, 0.15) is 22.3 Å². The van der Waals surface area contributed by atoms with Crippen LogP contribution >= 0.6 is 15.9 Å². The van der Waals surface area contributed by atoms with Crippen molar-refractivity contribution in [3.8, 4) is 0 Å². The van der Waals surface area contributed by atoms with Gasteiger partial charge < -0.3 is 5.32 Å². The highest BCUT2D eigenvalue weighted by Gasteiger charge is 2.29. The minimum absolute atomic E-state index is 0.0693. The van der Waals surface area contributed by atoms with Crippen molar-refractivity contribution in [3.63, 3.8) is 0 Å². The molecule has 0 radical (unpaired) electrons. The number of nitrogens with one attached hydrogen (secondary N) is 1. The van der Waals surface area contributed by atoms with Crippen LogP contribution < -0.4 is 9.62 Å². The molecular formula is C22H16BrF3N2O3S. The van der Waals surface area contributed by atoms with Gasteiger partial charge in [-0.1, -0.05) is 22.0 Å². The molecule has 10 heteroatoms. The molecule has 0 aromatic heterocycles. The number of nitrogens with zero attached hydrogens (tertiary/aromatic N) is 1. The number of amides is 1. The Hall–Kier alpha value is -2.85. The molecule has 4 rings (SSSR count). The second-order valence-electron chi connectivity index (χ2n) is 7.18. The van der Waals surface area contributed by atoms with Gasteiger partial charge in [0.05, 0.1) is 10.6 Å². The molecule has 1 aliphatic heterocycles. The van der Waals surface area contributed by atoms with Gasteiger partial charge in [0.15, 0.2) is 0 Å². The van der Waals surface area contributed by atoms with Crippen molar-refractivity contribution in [1.29, 1.82) is 0 Å². The fourth-order valence-corrected chi connectivity index (χ4v) is 5.49. The van der Waals surface area contributed by atoms with E-state index in [-0.39, 0.29) is 21.6 Å². The number of rotatable bonds is 4. The summed E-state index contributed by atoms with van der Waals surface area (Å²) in [6.45, 7) is 0.195. The standard InChI is InChI=1S/C22H16BrF3N2O3S/c23-14-10-18(25)21(19(26)11-14)22(29)27-16-6-3-13-2-1-9-28(20(13)12-16)32(30,31)17-7-4-15(24)5-8-17/h3-8,10-12H,1-2,9H2,(H,27,29). The van der Waals surface area contributed by atoms with Crippen LogP contribution in [0.15, 0.2) is 64.0 Å². The SMILES string of the molecule is O=C(Nc1ccc2c(c1)N(S(=O)(=O)c1ccc(F)cc1)CCC2)c1c(F)cc(Br)cc1F. The van der Waals surface area contributed by atoms with Gasteiger partial charge in [-0.2, -0.15) is 0 Å². The van der Waals surface area contributed by atoms with Crippen molar-refractivity contribution >= 4 is 43.2 Å². The van der Waals surface area contributed by atoms with Gasteiger partial charge in [-0.25, -0.2) is 21.6 Å². The summed E-state index contributed by atoms with van der Waals surface area (Å²) in [5.41, 5.74) is 0.509. The number of halogens is 4. The number of fused-ring (bicyclic) bond motifs is 1. The molecule has 1 N–H and O–H groups in total. The molecule has 0 saturated heterocycles. The highest BCUT2D eigenvalue weighted by atomic mass is 79.9. The van der Waals surface area contributed by atoms with Gasteiger partial charge in [0.2, 0.25) is 0 Å². The van der Waals surface area contributed by atoms with E-state index in [4.69, 9.17) is 0 Å². The normalized spacial score (nSPS) is 13.6. The van der Waals surface area contributed by atoms with Crippen molar-refractivity contribution in [2.75, 3.05) is 16.2 Å². The van der Waals surface area contributed by atoms with Crippen LogP contribution in [0.25, 0.3) is 0 Å². The predicted molar refractivity (Wildman–Crippen MR) is 118 cm³/mol. The molecule has 1 heterocycles. The largest absolute Gasteiger partial charge is 0.322 e. The minimum Gasteiger partial charge on any atom is -0.322 e. The minimum atomic E-state index is -3.98. The first-order valence-corrected chi connectivity index (χ1v) is 11.8. The molecule has 5 nitrogen and oxygen atoms in total. The van der Waals surface area contributed by atoms with Gasteiger partial charge in [0.1, 0.15) is 23.0 Å². The lowest BCUT2D eigenvalue weighted by Gasteiger charge is -2.31. The van der Waals surface area contributed by atoms with Crippen LogP contribution in [0, 0.1) is 17.5 Å². The first-order chi connectivity index (χ1) is 15.2. The Kier molecular flexibility index (Phi) is 6.00. The predicted octanol–water partition coefficient (Wildman–Crippen LogP) is 5.26. The summed E-state index contributed by atoms with van der Waals surface area (Å²) >= 11 is 2.96. The molecule has 0 spiro atoms. The van der Waals surface area contributed by atoms with Crippen molar-refractivity contribution in [2.45, 2.75) is 17.7 Å². The van der Waals surface area contributed by atoms with E-state index in [1.54, 1.807) is 12.1 Å². The van der Waals surface area contributed by atoms with E-state index >= 15 is 0 Å². The maximum atomic E-state index is 14.1. The van der Waals surface area contributed by atoms with Gasteiger partial charge in [-0.3, -0.25) is 9.10 Å². The zero-order valence-corrected chi connectivity index (χ0v) is 18.8. The van der Waals surface area contributed by atoms with E-state index in [2.05, 4.69) is 21.2 Å². The molecule has 0 bridgehead atoms. The smallest absolute Gasteiger partial charge is 0.264 e. The third-order valence-corrected chi connectivity index (χ3v) is 7.34. The number of carbonyl (C=O) groups excluding carboxylic acids is 1. The molecule has 0 unspecified atom stereocenters. The third-order valence-electron chi connectivity index (χ3n) is 5.05. The highest BCUT2D eigenvalue weighted by molar-refractivity contribution is 9.10. The molecule has 0 saturated carbocycles. The Labute approximate surface area is 191 Å². The highest BCUT2D eigenvalue weighted by Crippen LogP contribution is 2.34. The van der Waals surface area contributed by atoms with Gasteiger partial charge in [-0.05, 0) is 66.9 Å². The second-order valence-corrected chi connectivity index (χ2v) is 9.95. The van der Waals surface area contributed by atoms with Crippen molar-refractivity contribution in [1.82, 2.24) is 0 Å². The maximum absolute atomic E-state index is 14.1. The molecule has 1 amide bonds. The summed E-state index contributed by atoms with van der Waals surface area (Å²) < 4.78 is 69.1. The number of aryl methyl sites for hydroxylation is 1. The van der Waals surface area contributed by atoms with E-state index < -0.39 is 38.9 Å². The van der Waals surface area contributed by atoms with E-state index in [0.717, 1.165) is 29.8 Å². The van der Waals surface area contributed by atoms with Crippen molar-refractivity contribution in [3.05, 3.63) is 87.6 Å². The monoisotopic (exact) mass is 524 g/mol. The fourth-order valence-electron chi connectivity index (χ4n) is 3.55. The quantitative estimate of drug-likeness (QED) is 0.506. The van der Waals surface area contributed by atoms with Crippen molar-refractivity contribution in [2.24, 2.45) is 0 Å². The van der Waals surface area contributed by atoms with Crippen LogP contribution in [-0.4, -0.2) is 20.9 Å². The molecule has 0 aliphatic carbocycles. The molecule has 0 fully saturated rings.